The van der Waals surface area contributed by atoms with Crippen LogP contribution in [-0.4, -0.2) is 22.8 Å². The number of esters is 1. The fourth-order valence-corrected chi connectivity index (χ4v) is 1.89. The third kappa shape index (κ3) is 1.85. The molecule has 3 N–H and O–H groups in total. The molecule has 0 radical (unpaired) electrons. The molecule has 0 fully saturated rings. The number of aryl methyl sites for hydroxylation is 1. The van der Waals surface area contributed by atoms with Crippen LogP contribution in [0.25, 0.3) is 10.9 Å². The number of fused-ring (bicyclic) bond motifs is 1. The number of hydrogen-bond donors (Lipinski definition) is 2. The minimum atomic E-state index is -0.820. The number of carbonyl (C=O) groups is 1. The first-order valence-electron chi connectivity index (χ1n) is 5.16. The summed E-state index contributed by atoms with van der Waals surface area (Å²) in [4.78, 5) is 11.4. The number of methoxy groups -OCH3 is 1. The fraction of sp³-hybridized carbons (Fsp3) is 0.250. The molecule has 0 aliphatic carbocycles. The second-order valence-corrected chi connectivity index (χ2v) is 3.87. The van der Waals surface area contributed by atoms with Gasteiger partial charge in [0, 0.05) is 24.2 Å². The number of benzene rings is 1. The lowest BCUT2D eigenvalue weighted by atomic mass is 10.2. The Labute approximate surface area is 98.4 Å². The van der Waals surface area contributed by atoms with Gasteiger partial charge in [-0.2, -0.15) is 0 Å². The fourth-order valence-electron chi connectivity index (χ4n) is 1.89. The predicted octanol–water partition coefficient (Wildman–Crippen LogP) is 1.06. The summed E-state index contributed by atoms with van der Waals surface area (Å²) in [5, 5.41) is 10.3. The zero-order chi connectivity index (χ0) is 12.6. The summed E-state index contributed by atoms with van der Waals surface area (Å²) >= 11 is 0. The summed E-state index contributed by atoms with van der Waals surface area (Å²) in [6.07, 6.45) is 0. The summed E-state index contributed by atoms with van der Waals surface area (Å²) in [5.41, 5.74) is 7.26. The van der Waals surface area contributed by atoms with Crippen LogP contribution in [0.4, 0.5) is 0 Å². The Hall–Kier alpha value is -2.01. The van der Waals surface area contributed by atoms with E-state index >= 15 is 0 Å². The van der Waals surface area contributed by atoms with Crippen molar-refractivity contribution in [1.29, 1.82) is 0 Å². The lowest BCUT2D eigenvalue weighted by Gasteiger charge is -2.10. The van der Waals surface area contributed by atoms with Gasteiger partial charge in [0.15, 0.2) is 0 Å². The molecule has 5 nitrogen and oxygen atoms in total. The lowest BCUT2D eigenvalue weighted by Crippen LogP contribution is -2.24. The van der Waals surface area contributed by atoms with Gasteiger partial charge in [0.25, 0.3) is 0 Å². The minimum Gasteiger partial charge on any atom is -0.508 e. The van der Waals surface area contributed by atoms with Gasteiger partial charge in [0.2, 0.25) is 0 Å². The number of ether oxygens (including phenoxy) is 1. The number of phenols is 1. The van der Waals surface area contributed by atoms with E-state index in [2.05, 4.69) is 4.74 Å². The van der Waals surface area contributed by atoms with Crippen molar-refractivity contribution < 1.29 is 14.6 Å². The Morgan fingerprint density at radius 2 is 2.18 bits per heavy atom. The van der Waals surface area contributed by atoms with E-state index in [-0.39, 0.29) is 5.75 Å². The number of rotatable bonds is 2. The number of nitrogens with two attached hydrogens (primary N) is 1. The molecule has 0 saturated carbocycles. The maximum absolute atomic E-state index is 11.4. The van der Waals surface area contributed by atoms with Crippen molar-refractivity contribution in [3.8, 4) is 5.75 Å². The van der Waals surface area contributed by atoms with Gasteiger partial charge in [0.05, 0.1) is 12.6 Å². The van der Waals surface area contributed by atoms with Gasteiger partial charge in [-0.3, -0.25) is 0 Å². The molecule has 1 aromatic heterocycles. The quantitative estimate of drug-likeness (QED) is 0.761. The van der Waals surface area contributed by atoms with Crippen LogP contribution in [0.15, 0.2) is 24.3 Å². The second-order valence-electron chi connectivity index (χ2n) is 3.87. The number of nitrogens with zero attached hydrogens (tertiary/aromatic N) is 1. The average Bonchev–Trinajstić information content (AvgIpc) is 2.65. The van der Waals surface area contributed by atoms with Crippen molar-refractivity contribution in [2.75, 3.05) is 7.11 Å². The number of aromatic nitrogens is 1. The summed E-state index contributed by atoms with van der Waals surface area (Å²) in [6.45, 7) is 0. The molecule has 0 spiro atoms. The van der Waals surface area contributed by atoms with Crippen molar-refractivity contribution in [2.24, 2.45) is 12.8 Å². The third-order valence-corrected chi connectivity index (χ3v) is 2.84. The third-order valence-electron chi connectivity index (χ3n) is 2.84. The van der Waals surface area contributed by atoms with E-state index in [1.54, 1.807) is 29.8 Å². The highest BCUT2D eigenvalue weighted by molar-refractivity contribution is 5.85. The molecule has 2 aromatic rings. The van der Waals surface area contributed by atoms with Crippen LogP contribution in [-0.2, 0) is 16.6 Å². The Morgan fingerprint density at radius 1 is 1.47 bits per heavy atom. The topological polar surface area (TPSA) is 77.5 Å². The maximum atomic E-state index is 11.4. The molecule has 17 heavy (non-hydrogen) atoms. The van der Waals surface area contributed by atoms with E-state index in [4.69, 9.17) is 5.73 Å². The standard InChI is InChI=1S/C12H14N2O3/c1-14-9-6-8(15)4-3-7(9)5-10(14)11(13)12(16)17-2/h3-6,11,15H,13H2,1-2H3. The molecule has 5 heteroatoms. The SMILES string of the molecule is COC(=O)C(N)c1cc2ccc(O)cc2n1C. The molecule has 0 aliphatic rings. The zero-order valence-corrected chi connectivity index (χ0v) is 9.68. The Balaban J connectivity index is 2.56. The Morgan fingerprint density at radius 3 is 2.82 bits per heavy atom. The van der Waals surface area contributed by atoms with Crippen LogP contribution in [0, 0.1) is 0 Å². The van der Waals surface area contributed by atoms with Crippen LogP contribution in [0.5, 0.6) is 5.75 Å². The van der Waals surface area contributed by atoms with Crippen LogP contribution < -0.4 is 5.73 Å². The highest BCUT2D eigenvalue weighted by atomic mass is 16.5. The van der Waals surface area contributed by atoms with Gasteiger partial charge >= 0.3 is 5.97 Å². The largest absolute Gasteiger partial charge is 0.508 e. The number of hydrogen-bond acceptors (Lipinski definition) is 4. The van der Waals surface area contributed by atoms with Crippen molar-refractivity contribution in [3.63, 3.8) is 0 Å². The monoisotopic (exact) mass is 234 g/mol. The highest BCUT2D eigenvalue weighted by Crippen LogP contribution is 2.25. The van der Waals surface area contributed by atoms with Crippen molar-refractivity contribution in [1.82, 2.24) is 4.57 Å². The van der Waals surface area contributed by atoms with E-state index < -0.39 is 12.0 Å². The van der Waals surface area contributed by atoms with Crippen molar-refractivity contribution in [3.05, 3.63) is 30.0 Å². The van der Waals surface area contributed by atoms with E-state index in [0.717, 1.165) is 10.9 Å². The summed E-state index contributed by atoms with van der Waals surface area (Å²) < 4.78 is 6.39. The van der Waals surface area contributed by atoms with E-state index in [0.29, 0.717) is 5.69 Å². The molecular weight excluding hydrogens is 220 g/mol. The maximum Gasteiger partial charge on any atom is 0.328 e. The highest BCUT2D eigenvalue weighted by Gasteiger charge is 2.20. The average molecular weight is 234 g/mol. The smallest absolute Gasteiger partial charge is 0.328 e. The van der Waals surface area contributed by atoms with Gasteiger partial charge in [0.1, 0.15) is 11.8 Å². The van der Waals surface area contributed by atoms with Gasteiger partial charge in [-0.15, -0.1) is 0 Å². The molecular formula is C12H14N2O3. The second kappa shape index (κ2) is 4.10. The van der Waals surface area contributed by atoms with Gasteiger partial charge in [-0.05, 0) is 18.2 Å². The van der Waals surface area contributed by atoms with Gasteiger partial charge < -0.3 is 20.1 Å². The van der Waals surface area contributed by atoms with Gasteiger partial charge in [-0.25, -0.2) is 4.79 Å². The van der Waals surface area contributed by atoms with Crippen LogP contribution in [0.1, 0.15) is 11.7 Å². The normalized spacial score (nSPS) is 12.6. The number of phenolic OH excluding ortho intramolecular Hbond substituents is 1. The van der Waals surface area contributed by atoms with Crippen molar-refractivity contribution in [2.45, 2.75) is 6.04 Å². The molecule has 0 aliphatic heterocycles. The molecule has 0 saturated heterocycles. The molecule has 90 valence electrons. The Kier molecular flexibility index (Phi) is 2.77. The molecule has 1 heterocycles. The van der Waals surface area contributed by atoms with Crippen LogP contribution in [0.3, 0.4) is 0 Å². The van der Waals surface area contributed by atoms with Crippen molar-refractivity contribution >= 4 is 16.9 Å². The first-order chi connectivity index (χ1) is 8.04. The first-order valence-corrected chi connectivity index (χ1v) is 5.16. The molecule has 2 rings (SSSR count). The minimum absolute atomic E-state index is 0.178. The molecule has 0 amide bonds. The molecule has 0 bridgehead atoms. The predicted molar refractivity (Wildman–Crippen MR) is 63.5 cm³/mol. The first kappa shape index (κ1) is 11.5. The zero-order valence-electron chi connectivity index (χ0n) is 9.68. The molecule has 1 aromatic carbocycles. The summed E-state index contributed by atoms with van der Waals surface area (Å²) in [5.74, 6) is -0.308. The molecule has 1 unspecified atom stereocenters. The lowest BCUT2D eigenvalue weighted by molar-refractivity contribution is -0.142. The van der Waals surface area contributed by atoms with Crippen LogP contribution >= 0.6 is 0 Å². The van der Waals surface area contributed by atoms with Gasteiger partial charge in [-0.1, -0.05) is 0 Å². The van der Waals surface area contributed by atoms with E-state index in [1.807, 2.05) is 6.07 Å². The number of carbonyl (C=O) groups excluding carboxylic acids is 1. The summed E-state index contributed by atoms with van der Waals surface area (Å²) in [6, 6.07) is 5.99. The molecule has 1 atom stereocenters. The van der Waals surface area contributed by atoms with Crippen LogP contribution in [0.2, 0.25) is 0 Å². The van der Waals surface area contributed by atoms with E-state index in [9.17, 15) is 9.90 Å². The van der Waals surface area contributed by atoms with E-state index in [1.165, 1.54) is 7.11 Å². The summed E-state index contributed by atoms with van der Waals surface area (Å²) in [7, 11) is 3.09. The Bertz CT molecular complexity index is 574. The number of aromatic hydroxyl groups is 1.